The summed E-state index contributed by atoms with van der Waals surface area (Å²) < 4.78 is 1.56. The summed E-state index contributed by atoms with van der Waals surface area (Å²) in [7, 11) is 0. The number of aromatic nitrogens is 2. The molecule has 1 unspecified atom stereocenters. The van der Waals surface area contributed by atoms with Crippen LogP contribution < -0.4 is 5.56 Å². The molecule has 0 aromatic carbocycles. The van der Waals surface area contributed by atoms with Gasteiger partial charge in [0.1, 0.15) is 5.65 Å². The third-order valence-electron chi connectivity index (χ3n) is 3.74. The second-order valence-corrected chi connectivity index (χ2v) is 5.55. The Morgan fingerprint density at radius 3 is 3.10 bits per heavy atom. The fourth-order valence-electron chi connectivity index (χ4n) is 2.74. The summed E-state index contributed by atoms with van der Waals surface area (Å²) >= 11 is 0. The van der Waals surface area contributed by atoms with Gasteiger partial charge in [-0.3, -0.25) is 14.1 Å². The highest BCUT2D eigenvalue weighted by molar-refractivity contribution is 5.41. The van der Waals surface area contributed by atoms with Crippen LogP contribution in [0.2, 0.25) is 0 Å². The van der Waals surface area contributed by atoms with Crippen LogP contribution in [-0.4, -0.2) is 38.6 Å². The van der Waals surface area contributed by atoms with Gasteiger partial charge in [-0.25, -0.2) is 4.98 Å². The number of pyridine rings is 1. The zero-order valence-corrected chi connectivity index (χ0v) is 11.6. The predicted molar refractivity (Wildman–Crippen MR) is 76.7 cm³/mol. The summed E-state index contributed by atoms with van der Waals surface area (Å²) in [5, 5.41) is 9.69. The lowest BCUT2D eigenvalue weighted by molar-refractivity contribution is 0.0662. The molecule has 3 heterocycles. The number of hydrogen-bond acceptors (Lipinski definition) is 4. The first-order valence-corrected chi connectivity index (χ1v) is 7.01. The number of piperidine rings is 1. The number of hydrogen-bond donors (Lipinski definition) is 1. The van der Waals surface area contributed by atoms with E-state index in [1.807, 2.05) is 19.1 Å². The predicted octanol–water partition coefficient (Wildman–Crippen LogP) is 0.960. The van der Waals surface area contributed by atoms with Crippen LogP contribution in [0.4, 0.5) is 0 Å². The molecule has 5 nitrogen and oxygen atoms in total. The first-order valence-electron chi connectivity index (χ1n) is 7.01. The summed E-state index contributed by atoms with van der Waals surface area (Å²) in [6.45, 7) is 4.22. The van der Waals surface area contributed by atoms with Crippen LogP contribution >= 0.6 is 0 Å². The molecule has 0 amide bonds. The van der Waals surface area contributed by atoms with Gasteiger partial charge >= 0.3 is 0 Å². The molecule has 3 rings (SSSR count). The lowest BCUT2D eigenvalue weighted by Crippen LogP contribution is -2.38. The number of aliphatic hydroxyl groups is 1. The van der Waals surface area contributed by atoms with E-state index in [1.165, 1.54) is 0 Å². The summed E-state index contributed by atoms with van der Waals surface area (Å²) in [6.07, 6.45) is 3.36. The molecule has 0 bridgehead atoms. The quantitative estimate of drug-likeness (QED) is 0.885. The van der Waals surface area contributed by atoms with Gasteiger partial charge in [-0.1, -0.05) is 0 Å². The Morgan fingerprint density at radius 1 is 1.45 bits per heavy atom. The van der Waals surface area contributed by atoms with Gasteiger partial charge in [0.05, 0.1) is 11.8 Å². The third kappa shape index (κ3) is 2.73. The third-order valence-corrected chi connectivity index (χ3v) is 3.74. The van der Waals surface area contributed by atoms with E-state index in [0.717, 1.165) is 30.6 Å². The van der Waals surface area contributed by atoms with Gasteiger partial charge in [-0.15, -0.1) is 0 Å². The van der Waals surface area contributed by atoms with Gasteiger partial charge in [0, 0.05) is 25.4 Å². The Labute approximate surface area is 117 Å². The first kappa shape index (κ1) is 13.3. The number of nitrogens with zero attached hydrogens (tertiary/aromatic N) is 3. The average Bonchev–Trinajstić information content (AvgIpc) is 2.38. The van der Waals surface area contributed by atoms with Crippen molar-refractivity contribution in [3.05, 3.63) is 46.0 Å². The van der Waals surface area contributed by atoms with Crippen LogP contribution in [0.5, 0.6) is 0 Å². The lowest BCUT2D eigenvalue weighted by atomic mass is 10.1. The van der Waals surface area contributed by atoms with E-state index >= 15 is 0 Å². The van der Waals surface area contributed by atoms with Gasteiger partial charge in [-0.05, 0) is 44.0 Å². The highest BCUT2D eigenvalue weighted by atomic mass is 16.3. The zero-order valence-electron chi connectivity index (χ0n) is 11.6. The summed E-state index contributed by atoms with van der Waals surface area (Å²) in [5.41, 5.74) is 2.49. The molecular weight excluding hydrogens is 254 g/mol. The lowest BCUT2D eigenvalue weighted by Gasteiger charge is -2.29. The number of aliphatic hydroxyl groups excluding tert-OH is 1. The van der Waals surface area contributed by atoms with Crippen molar-refractivity contribution in [2.45, 2.75) is 32.4 Å². The van der Waals surface area contributed by atoms with E-state index in [0.29, 0.717) is 18.7 Å². The molecule has 20 heavy (non-hydrogen) atoms. The SMILES string of the molecule is Cc1ccn2c(=O)cc(CN3CCCC(O)C3)nc2c1. The van der Waals surface area contributed by atoms with Crippen LogP contribution in [0.1, 0.15) is 24.1 Å². The summed E-state index contributed by atoms with van der Waals surface area (Å²) in [6, 6.07) is 5.40. The molecule has 0 radical (unpaired) electrons. The van der Waals surface area contributed by atoms with E-state index in [9.17, 15) is 9.90 Å². The van der Waals surface area contributed by atoms with Gasteiger partial charge < -0.3 is 5.11 Å². The van der Waals surface area contributed by atoms with Crippen molar-refractivity contribution in [3.8, 4) is 0 Å². The summed E-state index contributed by atoms with van der Waals surface area (Å²) in [5.74, 6) is 0. The van der Waals surface area contributed by atoms with Crippen molar-refractivity contribution in [2.24, 2.45) is 0 Å². The van der Waals surface area contributed by atoms with Crippen LogP contribution in [0.25, 0.3) is 5.65 Å². The highest BCUT2D eigenvalue weighted by Crippen LogP contribution is 2.12. The minimum atomic E-state index is -0.257. The van der Waals surface area contributed by atoms with Crippen LogP contribution in [-0.2, 0) is 6.54 Å². The summed E-state index contributed by atoms with van der Waals surface area (Å²) in [4.78, 5) is 18.8. The van der Waals surface area contributed by atoms with Gasteiger partial charge in [0.15, 0.2) is 0 Å². The Balaban J connectivity index is 1.90. The molecule has 1 atom stereocenters. The van der Waals surface area contributed by atoms with E-state index in [1.54, 1.807) is 16.7 Å². The fourth-order valence-corrected chi connectivity index (χ4v) is 2.74. The molecule has 0 saturated carbocycles. The Bertz CT molecular complexity index is 680. The number of likely N-dealkylation sites (tertiary alicyclic amines) is 1. The molecule has 1 N–H and O–H groups in total. The molecule has 1 aliphatic rings. The van der Waals surface area contributed by atoms with Crippen LogP contribution in [0.3, 0.4) is 0 Å². The molecule has 2 aromatic heterocycles. The molecule has 0 aliphatic carbocycles. The van der Waals surface area contributed by atoms with Crippen LogP contribution in [0, 0.1) is 6.92 Å². The minimum Gasteiger partial charge on any atom is -0.392 e. The second-order valence-electron chi connectivity index (χ2n) is 5.55. The zero-order chi connectivity index (χ0) is 14.1. The van der Waals surface area contributed by atoms with Crippen molar-refractivity contribution in [1.29, 1.82) is 0 Å². The number of rotatable bonds is 2. The molecule has 0 spiro atoms. The maximum Gasteiger partial charge on any atom is 0.258 e. The maximum atomic E-state index is 12.1. The van der Waals surface area contributed by atoms with E-state index < -0.39 is 0 Å². The van der Waals surface area contributed by atoms with Crippen molar-refractivity contribution in [1.82, 2.24) is 14.3 Å². The average molecular weight is 273 g/mol. The van der Waals surface area contributed by atoms with Gasteiger partial charge in [-0.2, -0.15) is 0 Å². The Morgan fingerprint density at radius 2 is 2.30 bits per heavy atom. The molecule has 2 aromatic rings. The largest absolute Gasteiger partial charge is 0.392 e. The molecule has 1 aliphatic heterocycles. The van der Waals surface area contributed by atoms with Crippen LogP contribution in [0.15, 0.2) is 29.2 Å². The topological polar surface area (TPSA) is 57.8 Å². The second kappa shape index (κ2) is 5.34. The highest BCUT2D eigenvalue weighted by Gasteiger charge is 2.18. The van der Waals surface area contributed by atoms with E-state index in [4.69, 9.17) is 0 Å². The number of β-amino-alcohol motifs (C(OH)–C–C–N with tert-alkyl or cyclic N) is 1. The minimum absolute atomic E-state index is 0.0532. The normalized spacial score (nSPS) is 20.4. The number of aryl methyl sites for hydroxylation is 1. The van der Waals surface area contributed by atoms with Crippen molar-refractivity contribution in [3.63, 3.8) is 0 Å². The molecule has 1 fully saturated rings. The smallest absolute Gasteiger partial charge is 0.258 e. The fraction of sp³-hybridized carbons (Fsp3) is 0.467. The maximum absolute atomic E-state index is 12.1. The molecule has 5 heteroatoms. The van der Waals surface area contributed by atoms with Crippen molar-refractivity contribution in [2.75, 3.05) is 13.1 Å². The Hall–Kier alpha value is -1.72. The Kier molecular flexibility index (Phi) is 3.54. The molecule has 1 saturated heterocycles. The standard InChI is InChI=1S/C15H19N3O2/c1-11-4-6-18-14(7-11)16-12(8-15(18)20)9-17-5-2-3-13(19)10-17/h4,6-8,13,19H,2-3,5,9-10H2,1H3. The van der Waals surface area contributed by atoms with Gasteiger partial charge in [0.25, 0.3) is 5.56 Å². The van der Waals surface area contributed by atoms with E-state index in [-0.39, 0.29) is 11.7 Å². The van der Waals surface area contributed by atoms with Crippen molar-refractivity contribution < 1.29 is 5.11 Å². The van der Waals surface area contributed by atoms with Gasteiger partial charge in [0.2, 0.25) is 0 Å². The monoisotopic (exact) mass is 273 g/mol. The number of fused-ring (bicyclic) bond motifs is 1. The molecule has 106 valence electrons. The first-order chi connectivity index (χ1) is 9.61. The molecular formula is C15H19N3O2. The van der Waals surface area contributed by atoms with Crippen molar-refractivity contribution >= 4 is 5.65 Å². The van der Waals surface area contributed by atoms with E-state index in [2.05, 4.69) is 9.88 Å².